The minimum atomic E-state index is -0.315. The quantitative estimate of drug-likeness (QED) is 0.360. The Morgan fingerprint density at radius 1 is 1.21 bits per heavy atom. The summed E-state index contributed by atoms with van der Waals surface area (Å²) in [5, 5.41) is 0. The molecule has 2 unspecified atom stereocenters. The summed E-state index contributed by atoms with van der Waals surface area (Å²) in [7, 11) is 0. The van der Waals surface area contributed by atoms with Crippen molar-refractivity contribution in [2.24, 2.45) is 0 Å². The molecule has 1 aliphatic rings. The zero-order valence-corrected chi connectivity index (χ0v) is 12.2. The summed E-state index contributed by atoms with van der Waals surface area (Å²) >= 11 is 0. The van der Waals surface area contributed by atoms with Crippen LogP contribution in [0.1, 0.15) is 64.7 Å². The molecule has 2 atom stereocenters. The zero-order chi connectivity index (χ0) is 13.9. The fourth-order valence-electron chi connectivity index (χ4n) is 2.53. The second kappa shape index (κ2) is 10.0. The molecule has 0 radical (unpaired) electrons. The summed E-state index contributed by atoms with van der Waals surface area (Å²) in [4.78, 5) is 11.2. The van der Waals surface area contributed by atoms with E-state index in [-0.39, 0.29) is 18.2 Å². The van der Waals surface area contributed by atoms with E-state index in [1.165, 1.54) is 31.8 Å². The van der Waals surface area contributed by atoms with Gasteiger partial charge in [0.25, 0.3) is 0 Å². The molecule has 3 nitrogen and oxygen atoms in total. The maximum atomic E-state index is 11.2. The minimum absolute atomic E-state index is 0.0179. The molecular formula is C16H28O3. The summed E-state index contributed by atoms with van der Waals surface area (Å²) in [5.41, 5.74) is 0. The Balaban J connectivity index is 2.09. The zero-order valence-electron chi connectivity index (χ0n) is 12.2. The van der Waals surface area contributed by atoms with E-state index in [0.717, 1.165) is 38.7 Å². The van der Waals surface area contributed by atoms with Crippen molar-refractivity contribution in [1.82, 2.24) is 0 Å². The maximum Gasteiger partial charge on any atom is 0.330 e. The van der Waals surface area contributed by atoms with Crippen molar-refractivity contribution in [2.75, 3.05) is 6.61 Å². The Bertz CT molecular complexity index is 263. The van der Waals surface area contributed by atoms with Gasteiger partial charge in [-0.2, -0.15) is 0 Å². The van der Waals surface area contributed by atoms with Crippen LogP contribution in [0.25, 0.3) is 0 Å². The van der Waals surface area contributed by atoms with Gasteiger partial charge in [0.2, 0.25) is 0 Å². The summed E-state index contributed by atoms with van der Waals surface area (Å²) < 4.78 is 11.2. The van der Waals surface area contributed by atoms with E-state index in [1.54, 1.807) is 0 Å². The average molecular weight is 268 g/mol. The lowest BCUT2D eigenvalue weighted by Crippen LogP contribution is -2.29. The van der Waals surface area contributed by atoms with Gasteiger partial charge in [0.05, 0.1) is 6.10 Å². The predicted octanol–water partition coefficient (Wildman–Crippen LogP) is 4.01. The lowest BCUT2D eigenvalue weighted by molar-refractivity contribution is -0.147. The molecule has 0 aromatic carbocycles. The van der Waals surface area contributed by atoms with Crippen LogP contribution in [-0.4, -0.2) is 24.8 Å². The van der Waals surface area contributed by atoms with Crippen molar-refractivity contribution in [3.63, 3.8) is 0 Å². The highest BCUT2D eigenvalue weighted by Crippen LogP contribution is 2.24. The largest absolute Gasteiger partial charge is 0.459 e. The Labute approximate surface area is 117 Å². The smallest absolute Gasteiger partial charge is 0.330 e. The summed E-state index contributed by atoms with van der Waals surface area (Å²) in [6, 6.07) is 0. The Morgan fingerprint density at radius 2 is 1.95 bits per heavy atom. The molecule has 0 heterocycles. The van der Waals surface area contributed by atoms with Crippen LogP contribution in [0.5, 0.6) is 0 Å². The first kappa shape index (κ1) is 16.2. The molecule has 0 aromatic heterocycles. The third-order valence-electron chi connectivity index (χ3n) is 3.63. The molecule has 0 amide bonds. The molecule has 1 aliphatic carbocycles. The second-order valence-corrected chi connectivity index (χ2v) is 5.34. The first-order valence-electron chi connectivity index (χ1n) is 7.71. The second-order valence-electron chi connectivity index (χ2n) is 5.34. The first-order valence-corrected chi connectivity index (χ1v) is 7.71. The summed E-state index contributed by atoms with van der Waals surface area (Å²) in [5.74, 6) is -0.315. The van der Waals surface area contributed by atoms with Crippen LogP contribution in [0, 0.1) is 0 Å². The van der Waals surface area contributed by atoms with Gasteiger partial charge in [-0.05, 0) is 25.7 Å². The van der Waals surface area contributed by atoms with E-state index >= 15 is 0 Å². The van der Waals surface area contributed by atoms with Crippen LogP contribution in [0.4, 0.5) is 0 Å². The van der Waals surface area contributed by atoms with Crippen LogP contribution >= 0.6 is 0 Å². The van der Waals surface area contributed by atoms with Gasteiger partial charge in [-0.25, -0.2) is 4.79 Å². The van der Waals surface area contributed by atoms with Gasteiger partial charge in [0, 0.05) is 19.1 Å². The van der Waals surface area contributed by atoms with Gasteiger partial charge in [-0.1, -0.05) is 39.2 Å². The number of carbonyl (C=O) groups is 1. The van der Waals surface area contributed by atoms with E-state index in [0.29, 0.717) is 0 Å². The van der Waals surface area contributed by atoms with Crippen LogP contribution in [0.2, 0.25) is 0 Å². The Morgan fingerprint density at radius 3 is 2.68 bits per heavy atom. The number of unbranched alkanes of at least 4 members (excludes halogenated alkanes) is 4. The monoisotopic (exact) mass is 268 g/mol. The van der Waals surface area contributed by atoms with E-state index < -0.39 is 0 Å². The molecule has 1 saturated carbocycles. The highest BCUT2D eigenvalue weighted by molar-refractivity contribution is 5.81. The number of hydrogen-bond acceptors (Lipinski definition) is 3. The summed E-state index contributed by atoms with van der Waals surface area (Å²) in [6.45, 7) is 6.49. The molecule has 110 valence electrons. The predicted molar refractivity (Wildman–Crippen MR) is 77.0 cm³/mol. The highest BCUT2D eigenvalue weighted by atomic mass is 16.5. The van der Waals surface area contributed by atoms with Gasteiger partial charge in [0.15, 0.2) is 0 Å². The molecule has 0 N–H and O–H groups in total. The van der Waals surface area contributed by atoms with Crippen LogP contribution < -0.4 is 0 Å². The topological polar surface area (TPSA) is 35.5 Å². The maximum absolute atomic E-state index is 11.2. The van der Waals surface area contributed by atoms with Crippen molar-refractivity contribution in [3.8, 4) is 0 Å². The van der Waals surface area contributed by atoms with Gasteiger partial charge in [-0.3, -0.25) is 0 Å². The first-order chi connectivity index (χ1) is 9.26. The Hall–Kier alpha value is -0.830. The average Bonchev–Trinajstić information content (AvgIpc) is 2.43. The fourth-order valence-corrected chi connectivity index (χ4v) is 2.53. The molecule has 19 heavy (non-hydrogen) atoms. The standard InChI is InChI=1S/C16H28O3/c1-3-5-6-7-8-12-18-14-10-9-11-15(13-14)19-16(17)4-2/h4,14-15H,2-3,5-13H2,1H3. The number of hydrogen-bond donors (Lipinski definition) is 0. The van der Waals surface area contributed by atoms with Crippen LogP contribution in [-0.2, 0) is 14.3 Å². The third-order valence-corrected chi connectivity index (χ3v) is 3.63. The molecule has 0 aliphatic heterocycles. The van der Waals surface area contributed by atoms with Crippen molar-refractivity contribution < 1.29 is 14.3 Å². The van der Waals surface area contributed by atoms with Crippen LogP contribution in [0.3, 0.4) is 0 Å². The Kier molecular flexibility index (Phi) is 8.55. The van der Waals surface area contributed by atoms with E-state index in [9.17, 15) is 4.79 Å². The summed E-state index contributed by atoms with van der Waals surface area (Å²) in [6.07, 6.45) is 11.8. The fraction of sp³-hybridized carbons (Fsp3) is 0.812. The van der Waals surface area contributed by atoms with Crippen molar-refractivity contribution in [2.45, 2.75) is 76.9 Å². The molecular weight excluding hydrogens is 240 g/mol. The number of ether oxygens (including phenoxy) is 2. The van der Waals surface area contributed by atoms with Crippen molar-refractivity contribution >= 4 is 5.97 Å². The molecule has 0 bridgehead atoms. The SMILES string of the molecule is C=CC(=O)OC1CCCC(OCCCCCCC)C1. The van der Waals surface area contributed by atoms with E-state index in [1.807, 2.05) is 0 Å². The normalized spacial score (nSPS) is 23.0. The van der Waals surface area contributed by atoms with Gasteiger partial charge >= 0.3 is 5.97 Å². The minimum Gasteiger partial charge on any atom is -0.459 e. The van der Waals surface area contributed by atoms with Crippen LogP contribution in [0.15, 0.2) is 12.7 Å². The molecule has 1 rings (SSSR count). The van der Waals surface area contributed by atoms with Gasteiger partial charge in [0.1, 0.15) is 6.10 Å². The molecule has 1 fully saturated rings. The lowest BCUT2D eigenvalue weighted by Gasteiger charge is -2.28. The molecule has 0 saturated heterocycles. The molecule has 0 aromatic rings. The molecule has 0 spiro atoms. The van der Waals surface area contributed by atoms with E-state index in [2.05, 4.69) is 13.5 Å². The number of esters is 1. The number of rotatable bonds is 9. The number of carbonyl (C=O) groups excluding carboxylic acids is 1. The van der Waals surface area contributed by atoms with Gasteiger partial charge < -0.3 is 9.47 Å². The van der Waals surface area contributed by atoms with Gasteiger partial charge in [-0.15, -0.1) is 0 Å². The third kappa shape index (κ3) is 7.36. The van der Waals surface area contributed by atoms with Crippen molar-refractivity contribution in [3.05, 3.63) is 12.7 Å². The van der Waals surface area contributed by atoms with E-state index in [4.69, 9.17) is 9.47 Å². The van der Waals surface area contributed by atoms with Crippen molar-refractivity contribution in [1.29, 1.82) is 0 Å². The highest BCUT2D eigenvalue weighted by Gasteiger charge is 2.24. The lowest BCUT2D eigenvalue weighted by atomic mass is 9.95. The molecule has 3 heteroatoms.